The zero-order valence-electron chi connectivity index (χ0n) is 12.4. The van der Waals surface area contributed by atoms with E-state index in [2.05, 4.69) is 31.4 Å². The highest BCUT2D eigenvalue weighted by Gasteiger charge is 2.07. The Bertz CT molecular complexity index is 338. The van der Waals surface area contributed by atoms with Gasteiger partial charge in [0.2, 0.25) is 0 Å². The number of halogens is 1. The number of benzene rings is 1. The molecule has 0 spiro atoms. The highest BCUT2D eigenvalue weighted by atomic mass is 35.5. The molecule has 0 aromatic heterocycles. The third-order valence-electron chi connectivity index (χ3n) is 3.69. The fourth-order valence-electron chi connectivity index (χ4n) is 2.47. The van der Waals surface area contributed by atoms with E-state index >= 15 is 0 Å². The molecule has 1 aromatic rings. The quantitative estimate of drug-likeness (QED) is 0.580. The van der Waals surface area contributed by atoms with Crippen molar-refractivity contribution in [3.05, 3.63) is 34.9 Å². The molecule has 0 saturated carbocycles. The molecule has 108 valence electrons. The number of nitrogens with one attached hydrogen (secondary N) is 1. The number of unbranched alkanes of at least 4 members (excludes halogenated alkanes) is 5. The summed E-state index contributed by atoms with van der Waals surface area (Å²) in [6, 6.07) is 8.79. The topological polar surface area (TPSA) is 12.0 Å². The molecule has 0 aliphatic carbocycles. The summed E-state index contributed by atoms with van der Waals surface area (Å²) in [4.78, 5) is 0. The van der Waals surface area contributed by atoms with Gasteiger partial charge in [-0.25, -0.2) is 0 Å². The lowest BCUT2D eigenvalue weighted by Crippen LogP contribution is -2.27. The first-order chi connectivity index (χ1) is 9.26. The Morgan fingerprint density at radius 2 is 1.84 bits per heavy atom. The van der Waals surface area contributed by atoms with Crippen LogP contribution in [0.2, 0.25) is 5.02 Å². The van der Waals surface area contributed by atoms with E-state index in [1.807, 2.05) is 12.1 Å². The van der Waals surface area contributed by atoms with Gasteiger partial charge in [-0.1, -0.05) is 69.2 Å². The Hall–Kier alpha value is -0.530. The molecule has 2 heteroatoms. The summed E-state index contributed by atoms with van der Waals surface area (Å²) in [6.07, 6.45) is 10.5. The first-order valence-electron chi connectivity index (χ1n) is 7.68. The maximum atomic E-state index is 6.03. The summed E-state index contributed by atoms with van der Waals surface area (Å²) in [5.74, 6) is 0. The Kier molecular flexibility index (Phi) is 8.94. The lowest BCUT2D eigenvalue weighted by Gasteiger charge is -2.16. The van der Waals surface area contributed by atoms with Crippen molar-refractivity contribution >= 4 is 11.6 Å². The Balaban J connectivity index is 2.22. The highest BCUT2D eigenvalue weighted by Crippen LogP contribution is 2.15. The molecule has 0 fully saturated rings. The summed E-state index contributed by atoms with van der Waals surface area (Å²) in [7, 11) is 2.06. The Labute approximate surface area is 123 Å². The second-order valence-corrected chi connectivity index (χ2v) is 5.81. The van der Waals surface area contributed by atoms with Gasteiger partial charge in [0.25, 0.3) is 0 Å². The van der Waals surface area contributed by atoms with Gasteiger partial charge >= 0.3 is 0 Å². The first kappa shape index (κ1) is 16.5. The normalized spacial score (nSPS) is 12.6. The summed E-state index contributed by atoms with van der Waals surface area (Å²) >= 11 is 6.03. The predicted octanol–water partition coefficient (Wildman–Crippen LogP) is 5.22. The molecule has 0 bridgehead atoms. The number of hydrogen-bond acceptors (Lipinski definition) is 1. The van der Waals surface area contributed by atoms with Crippen LogP contribution in [0.1, 0.15) is 57.4 Å². The third-order valence-corrected chi connectivity index (χ3v) is 3.92. The van der Waals surface area contributed by atoms with Crippen molar-refractivity contribution in [3.63, 3.8) is 0 Å². The van der Waals surface area contributed by atoms with Crippen LogP contribution in [0.4, 0.5) is 0 Å². The summed E-state index contributed by atoms with van der Waals surface area (Å²) in [5.41, 5.74) is 1.33. The van der Waals surface area contributed by atoms with Crippen LogP contribution in [0.15, 0.2) is 24.3 Å². The van der Waals surface area contributed by atoms with Gasteiger partial charge < -0.3 is 5.32 Å². The van der Waals surface area contributed by atoms with E-state index in [4.69, 9.17) is 11.6 Å². The van der Waals surface area contributed by atoms with Crippen molar-refractivity contribution in [3.8, 4) is 0 Å². The lowest BCUT2D eigenvalue weighted by atomic mass is 10.00. The average Bonchev–Trinajstić information content (AvgIpc) is 2.41. The summed E-state index contributed by atoms with van der Waals surface area (Å²) in [5, 5.41) is 4.27. The molecule has 1 atom stereocenters. The van der Waals surface area contributed by atoms with Gasteiger partial charge in [-0.05, 0) is 37.6 Å². The van der Waals surface area contributed by atoms with Crippen LogP contribution in [0.3, 0.4) is 0 Å². The SMILES string of the molecule is CCCCCCCCC(Cc1cccc(Cl)c1)NC. The molecule has 1 aromatic carbocycles. The van der Waals surface area contributed by atoms with Gasteiger partial charge in [0.15, 0.2) is 0 Å². The van der Waals surface area contributed by atoms with Crippen LogP contribution in [-0.2, 0) is 6.42 Å². The summed E-state index contributed by atoms with van der Waals surface area (Å²) in [6.45, 7) is 2.27. The monoisotopic (exact) mass is 281 g/mol. The Morgan fingerprint density at radius 1 is 1.11 bits per heavy atom. The highest BCUT2D eigenvalue weighted by molar-refractivity contribution is 6.30. The fourth-order valence-corrected chi connectivity index (χ4v) is 2.68. The molecular weight excluding hydrogens is 254 g/mol. The van der Waals surface area contributed by atoms with Gasteiger partial charge in [-0.3, -0.25) is 0 Å². The predicted molar refractivity (Wildman–Crippen MR) is 86.0 cm³/mol. The third kappa shape index (κ3) is 7.59. The maximum Gasteiger partial charge on any atom is 0.0408 e. The molecule has 19 heavy (non-hydrogen) atoms. The lowest BCUT2D eigenvalue weighted by molar-refractivity contribution is 0.480. The van der Waals surface area contributed by atoms with Crippen LogP contribution in [0.5, 0.6) is 0 Å². The van der Waals surface area contributed by atoms with Crippen molar-refractivity contribution in [2.45, 2.75) is 64.3 Å². The van der Waals surface area contributed by atoms with E-state index in [0.29, 0.717) is 6.04 Å². The average molecular weight is 282 g/mol. The largest absolute Gasteiger partial charge is 0.317 e. The number of likely N-dealkylation sites (N-methyl/N-ethyl adjacent to an activating group) is 1. The maximum absolute atomic E-state index is 6.03. The molecule has 0 radical (unpaired) electrons. The standard InChI is InChI=1S/C17H28ClN/c1-3-4-5-6-7-8-12-17(19-2)14-15-10-9-11-16(18)13-15/h9-11,13,17,19H,3-8,12,14H2,1-2H3. The zero-order chi connectivity index (χ0) is 13.9. The van der Waals surface area contributed by atoms with Crippen molar-refractivity contribution < 1.29 is 0 Å². The number of rotatable bonds is 10. The molecule has 0 aliphatic heterocycles. The van der Waals surface area contributed by atoms with Gasteiger partial charge in [0.05, 0.1) is 0 Å². The van der Waals surface area contributed by atoms with Crippen LogP contribution >= 0.6 is 11.6 Å². The van der Waals surface area contributed by atoms with Crippen molar-refractivity contribution in [2.75, 3.05) is 7.05 Å². The molecule has 1 unspecified atom stereocenters. The van der Waals surface area contributed by atoms with E-state index < -0.39 is 0 Å². The number of hydrogen-bond donors (Lipinski definition) is 1. The van der Waals surface area contributed by atoms with Crippen LogP contribution in [-0.4, -0.2) is 13.1 Å². The molecular formula is C17H28ClN. The minimum absolute atomic E-state index is 0.574. The van der Waals surface area contributed by atoms with Crippen LogP contribution in [0.25, 0.3) is 0 Å². The molecule has 0 amide bonds. The zero-order valence-corrected chi connectivity index (χ0v) is 13.2. The van der Waals surface area contributed by atoms with Crippen LogP contribution in [0, 0.1) is 0 Å². The van der Waals surface area contributed by atoms with Gasteiger partial charge in [0, 0.05) is 11.1 Å². The van der Waals surface area contributed by atoms with E-state index in [9.17, 15) is 0 Å². The molecule has 1 nitrogen and oxygen atoms in total. The van der Waals surface area contributed by atoms with Crippen molar-refractivity contribution in [1.29, 1.82) is 0 Å². The molecule has 1 N–H and O–H groups in total. The second kappa shape index (κ2) is 10.3. The van der Waals surface area contributed by atoms with E-state index in [-0.39, 0.29) is 0 Å². The van der Waals surface area contributed by atoms with E-state index in [1.54, 1.807) is 0 Å². The molecule has 1 rings (SSSR count). The van der Waals surface area contributed by atoms with Gasteiger partial charge in [0.1, 0.15) is 0 Å². The minimum atomic E-state index is 0.574. The van der Waals surface area contributed by atoms with Gasteiger partial charge in [-0.2, -0.15) is 0 Å². The first-order valence-corrected chi connectivity index (χ1v) is 8.05. The molecule has 0 saturated heterocycles. The van der Waals surface area contributed by atoms with Crippen molar-refractivity contribution in [2.24, 2.45) is 0 Å². The van der Waals surface area contributed by atoms with E-state index in [0.717, 1.165) is 11.4 Å². The smallest absolute Gasteiger partial charge is 0.0408 e. The molecule has 0 aliphatic rings. The van der Waals surface area contributed by atoms with Crippen molar-refractivity contribution in [1.82, 2.24) is 5.32 Å². The molecule has 0 heterocycles. The van der Waals surface area contributed by atoms with E-state index in [1.165, 1.54) is 50.5 Å². The van der Waals surface area contributed by atoms with Crippen LogP contribution < -0.4 is 5.32 Å². The Morgan fingerprint density at radius 3 is 2.53 bits per heavy atom. The second-order valence-electron chi connectivity index (χ2n) is 5.38. The fraction of sp³-hybridized carbons (Fsp3) is 0.647. The minimum Gasteiger partial charge on any atom is -0.317 e. The summed E-state index contributed by atoms with van der Waals surface area (Å²) < 4.78 is 0. The van der Waals surface area contributed by atoms with Gasteiger partial charge in [-0.15, -0.1) is 0 Å².